The van der Waals surface area contributed by atoms with Crippen LogP contribution in [0.25, 0.3) is 0 Å². The average Bonchev–Trinajstić information content (AvgIpc) is 2.83. The van der Waals surface area contributed by atoms with Crippen molar-refractivity contribution in [3.63, 3.8) is 0 Å². The van der Waals surface area contributed by atoms with Crippen LogP contribution in [0.3, 0.4) is 0 Å². The van der Waals surface area contributed by atoms with Gasteiger partial charge in [-0.25, -0.2) is 0 Å². The summed E-state index contributed by atoms with van der Waals surface area (Å²) in [6.45, 7) is 5.63. The summed E-state index contributed by atoms with van der Waals surface area (Å²) in [6, 6.07) is 0.423. The quantitative estimate of drug-likeness (QED) is 0.801. The average molecular weight is 240 g/mol. The summed E-state index contributed by atoms with van der Waals surface area (Å²) < 4.78 is 5.59. The molecule has 4 nitrogen and oxygen atoms in total. The SMILES string of the molecule is CCOC1CCN(C(=O)CC2CCCN2)CC1. The zero-order valence-corrected chi connectivity index (χ0v) is 10.8. The normalized spacial score (nSPS) is 26.4. The summed E-state index contributed by atoms with van der Waals surface area (Å²) in [6.07, 6.45) is 5.41. The van der Waals surface area contributed by atoms with Crippen molar-refractivity contribution in [1.29, 1.82) is 0 Å². The molecule has 4 heteroatoms. The Bertz CT molecular complexity index is 244. The summed E-state index contributed by atoms with van der Waals surface area (Å²) in [7, 11) is 0. The maximum absolute atomic E-state index is 12.1. The molecule has 0 saturated carbocycles. The van der Waals surface area contributed by atoms with Crippen LogP contribution in [0.2, 0.25) is 0 Å². The minimum absolute atomic E-state index is 0.319. The fraction of sp³-hybridized carbons (Fsp3) is 0.923. The fourth-order valence-electron chi connectivity index (χ4n) is 2.78. The van der Waals surface area contributed by atoms with Gasteiger partial charge in [-0.05, 0) is 39.2 Å². The van der Waals surface area contributed by atoms with Gasteiger partial charge in [-0.3, -0.25) is 4.79 Å². The number of piperidine rings is 1. The molecular formula is C13H24N2O2. The van der Waals surface area contributed by atoms with Crippen LogP contribution in [0, 0.1) is 0 Å². The van der Waals surface area contributed by atoms with Crippen LogP contribution in [0.5, 0.6) is 0 Å². The molecule has 0 aliphatic carbocycles. The Morgan fingerprint density at radius 3 is 2.71 bits per heavy atom. The molecule has 2 saturated heterocycles. The molecule has 0 radical (unpaired) electrons. The Labute approximate surface area is 104 Å². The van der Waals surface area contributed by atoms with Crippen molar-refractivity contribution in [3.05, 3.63) is 0 Å². The highest BCUT2D eigenvalue weighted by atomic mass is 16.5. The van der Waals surface area contributed by atoms with Gasteiger partial charge in [-0.15, -0.1) is 0 Å². The Morgan fingerprint density at radius 1 is 1.35 bits per heavy atom. The van der Waals surface area contributed by atoms with E-state index in [1.54, 1.807) is 0 Å². The van der Waals surface area contributed by atoms with Gasteiger partial charge in [0.2, 0.25) is 5.91 Å². The van der Waals surface area contributed by atoms with Gasteiger partial charge in [0.15, 0.2) is 0 Å². The smallest absolute Gasteiger partial charge is 0.224 e. The van der Waals surface area contributed by atoms with E-state index in [1.165, 1.54) is 6.42 Å². The molecule has 1 unspecified atom stereocenters. The molecule has 2 fully saturated rings. The van der Waals surface area contributed by atoms with Crippen LogP contribution in [0.1, 0.15) is 39.0 Å². The number of nitrogens with zero attached hydrogens (tertiary/aromatic N) is 1. The molecule has 0 aromatic rings. The Morgan fingerprint density at radius 2 is 2.12 bits per heavy atom. The topological polar surface area (TPSA) is 41.6 Å². The molecule has 17 heavy (non-hydrogen) atoms. The van der Waals surface area contributed by atoms with Crippen LogP contribution in [-0.4, -0.2) is 49.2 Å². The van der Waals surface area contributed by atoms with E-state index in [0.29, 0.717) is 24.5 Å². The Hall–Kier alpha value is -0.610. The highest BCUT2D eigenvalue weighted by molar-refractivity contribution is 5.77. The van der Waals surface area contributed by atoms with E-state index in [4.69, 9.17) is 4.74 Å². The first-order valence-electron chi connectivity index (χ1n) is 6.92. The summed E-state index contributed by atoms with van der Waals surface area (Å²) in [5.74, 6) is 0.319. The molecule has 0 aromatic carbocycles. The molecule has 0 bridgehead atoms. The first-order chi connectivity index (χ1) is 8.29. The van der Waals surface area contributed by atoms with Gasteiger partial charge in [0.25, 0.3) is 0 Å². The van der Waals surface area contributed by atoms with Crippen LogP contribution >= 0.6 is 0 Å². The minimum atomic E-state index is 0.319. The van der Waals surface area contributed by atoms with Gasteiger partial charge in [0.1, 0.15) is 0 Å². The lowest BCUT2D eigenvalue weighted by Gasteiger charge is -2.32. The zero-order chi connectivity index (χ0) is 12.1. The van der Waals surface area contributed by atoms with Crippen molar-refractivity contribution in [2.24, 2.45) is 0 Å². The first kappa shape index (κ1) is 12.8. The van der Waals surface area contributed by atoms with E-state index in [-0.39, 0.29) is 0 Å². The third-order valence-corrected chi connectivity index (χ3v) is 3.78. The van der Waals surface area contributed by atoms with Crippen LogP contribution < -0.4 is 5.32 Å². The summed E-state index contributed by atoms with van der Waals surface area (Å²) in [5, 5.41) is 3.38. The van der Waals surface area contributed by atoms with Crippen molar-refractivity contribution in [2.75, 3.05) is 26.2 Å². The van der Waals surface area contributed by atoms with Gasteiger partial charge in [-0.2, -0.15) is 0 Å². The molecule has 2 rings (SSSR count). The zero-order valence-electron chi connectivity index (χ0n) is 10.8. The van der Waals surface area contributed by atoms with Crippen molar-refractivity contribution in [1.82, 2.24) is 10.2 Å². The lowest BCUT2D eigenvalue weighted by atomic mass is 10.1. The Balaban J connectivity index is 1.70. The number of ether oxygens (including phenoxy) is 1. The first-order valence-corrected chi connectivity index (χ1v) is 6.92. The van der Waals surface area contributed by atoms with E-state index in [2.05, 4.69) is 5.32 Å². The molecule has 0 spiro atoms. The fourth-order valence-corrected chi connectivity index (χ4v) is 2.78. The number of carbonyl (C=O) groups excluding carboxylic acids is 1. The van der Waals surface area contributed by atoms with Gasteiger partial charge >= 0.3 is 0 Å². The second kappa shape index (κ2) is 6.36. The predicted octanol–water partition coefficient (Wildman–Crippen LogP) is 1.16. The van der Waals surface area contributed by atoms with Gasteiger partial charge < -0.3 is 15.0 Å². The van der Waals surface area contributed by atoms with E-state index >= 15 is 0 Å². The van der Waals surface area contributed by atoms with Crippen LogP contribution in [0.15, 0.2) is 0 Å². The molecule has 1 N–H and O–H groups in total. The van der Waals surface area contributed by atoms with E-state index < -0.39 is 0 Å². The number of carbonyl (C=O) groups is 1. The lowest BCUT2D eigenvalue weighted by Crippen LogP contribution is -2.42. The molecular weight excluding hydrogens is 216 g/mol. The summed E-state index contributed by atoms with van der Waals surface area (Å²) >= 11 is 0. The Kier molecular flexibility index (Phi) is 4.80. The largest absolute Gasteiger partial charge is 0.378 e. The van der Waals surface area contributed by atoms with E-state index in [0.717, 1.165) is 45.5 Å². The molecule has 1 amide bonds. The van der Waals surface area contributed by atoms with Gasteiger partial charge in [0, 0.05) is 32.2 Å². The van der Waals surface area contributed by atoms with Crippen molar-refractivity contribution in [3.8, 4) is 0 Å². The molecule has 0 aromatic heterocycles. The van der Waals surface area contributed by atoms with Crippen molar-refractivity contribution in [2.45, 2.75) is 51.2 Å². The number of likely N-dealkylation sites (tertiary alicyclic amines) is 1. The van der Waals surface area contributed by atoms with Crippen molar-refractivity contribution < 1.29 is 9.53 Å². The number of nitrogens with one attached hydrogen (secondary N) is 1. The lowest BCUT2D eigenvalue weighted by molar-refractivity contribution is -0.134. The van der Waals surface area contributed by atoms with Gasteiger partial charge in [-0.1, -0.05) is 0 Å². The number of hydrogen-bond donors (Lipinski definition) is 1. The van der Waals surface area contributed by atoms with Crippen molar-refractivity contribution >= 4 is 5.91 Å². The van der Waals surface area contributed by atoms with Crippen LogP contribution in [-0.2, 0) is 9.53 Å². The minimum Gasteiger partial charge on any atom is -0.378 e. The summed E-state index contributed by atoms with van der Waals surface area (Å²) in [5.41, 5.74) is 0. The predicted molar refractivity (Wildman–Crippen MR) is 66.9 cm³/mol. The van der Waals surface area contributed by atoms with Crippen LogP contribution in [0.4, 0.5) is 0 Å². The number of hydrogen-bond acceptors (Lipinski definition) is 3. The number of amides is 1. The highest BCUT2D eigenvalue weighted by Crippen LogP contribution is 2.16. The molecule has 1 atom stereocenters. The van der Waals surface area contributed by atoms with E-state index in [1.807, 2.05) is 11.8 Å². The molecule has 2 aliphatic rings. The maximum Gasteiger partial charge on any atom is 0.224 e. The summed E-state index contributed by atoms with van der Waals surface area (Å²) in [4.78, 5) is 14.1. The third kappa shape index (κ3) is 3.68. The number of rotatable bonds is 4. The molecule has 2 aliphatic heterocycles. The second-order valence-corrected chi connectivity index (χ2v) is 5.03. The third-order valence-electron chi connectivity index (χ3n) is 3.78. The highest BCUT2D eigenvalue weighted by Gasteiger charge is 2.25. The standard InChI is InChI=1S/C13H24N2O2/c1-2-17-12-5-8-15(9-6-12)13(16)10-11-4-3-7-14-11/h11-12,14H,2-10H2,1H3. The molecule has 98 valence electrons. The molecule has 2 heterocycles. The van der Waals surface area contributed by atoms with E-state index in [9.17, 15) is 4.79 Å². The maximum atomic E-state index is 12.1. The second-order valence-electron chi connectivity index (χ2n) is 5.03. The van der Waals surface area contributed by atoms with Gasteiger partial charge in [0.05, 0.1) is 6.10 Å². The monoisotopic (exact) mass is 240 g/mol.